The highest BCUT2D eigenvalue weighted by atomic mass is 35.5. The van der Waals surface area contributed by atoms with Crippen LogP contribution in [0.15, 0.2) is 36.7 Å². The van der Waals surface area contributed by atoms with Gasteiger partial charge in [0.05, 0.1) is 29.7 Å². The molecule has 7 nitrogen and oxygen atoms in total. The van der Waals surface area contributed by atoms with Crippen LogP contribution in [0.3, 0.4) is 0 Å². The van der Waals surface area contributed by atoms with Crippen molar-refractivity contribution in [3.8, 4) is 0 Å². The van der Waals surface area contributed by atoms with Gasteiger partial charge in [-0.15, -0.1) is 0 Å². The Hall–Kier alpha value is -2.35. The van der Waals surface area contributed by atoms with E-state index in [1.807, 2.05) is 6.07 Å². The van der Waals surface area contributed by atoms with Crippen LogP contribution >= 0.6 is 23.2 Å². The number of hydrogen-bond acceptors (Lipinski definition) is 4. The number of aliphatic hydroxyl groups is 1. The smallest absolute Gasteiger partial charge is 0.321 e. The van der Waals surface area contributed by atoms with Crippen LogP contribution in [0.4, 0.5) is 10.5 Å². The molecule has 2 amide bonds. The van der Waals surface area contributed by atoms with Crippen molar-refractivity contribution < 1.29 is 9.90 Å². The summed E-state index contributed by atoms with van der Waals surface area (Å²) in [7, 11) is 0. The average Bonchev–Trinajstić information content (AvgIpc) is 3.22. The first-order valence-electron chi connectivity index (χ1n) is 10.2. The first-order chi connectivity index (χ1) is 14.8. The first kappa shape index (κ1) is 21.9. The molecule has 1 aliphatic heterocycles. The van der Waals surface area contributed by atoms with Crippen molar-refractivity contribution >= 4 is 45.8 Å². The number of piperidine rings is 1. The minimum absolute atomic E-state index is 0.157. The zero-order valence-electron chi connectivity index (χ0n) is 17.4. The van der Waals surface area contributed by atoms with Crippen molar-refractivity contribution in [1.29, 1.82) is 0 Å². The van der Waals surface area contributed by atoms with Gasteiger partial charge in [0.15, 0.2) is 0 Å². The summed E-state index contributed by atoms with van der Waals surface area (Å²) in [5.74, 6) is 0.237. The lowest BCUT2D eigenvalue weighted by Gasteiger charge is -2.43. The molecule has 1 aromatic carbocycles. The second kappa shape index (κ2) is 8.65. The van der Waals surface area contributed by atoms with Gasteiger partial charge in [0.25, 0.3) is 0 Å². The van der Waals surface area contributed by atoms with Gasteiger partial charge in [-0.1, -0.05) is 37.0 Å². The average molecular weight is 462 g/mol. The van der Waals surface area contributed by atoms with Crippen LogP contribution in [0.2, 0.25) is 10.2 Å². The molecule has 1 saturated heterocycles. The van der Waals surface area contributed by atoms with Crippen molar-refractivity contribution in [3.05, 3.63) is 52.4 Å². The third-order valence-electron chi connectivity index (χ3n) is 6.36. The zero-order valence-corrected chi connectivity index (χ0v) is 18.9. The summed E-state index contributed by atoms with van der Waals surface area (Å²) < 4.78 is 0. The van der Waals surface area contributed by atoms with Crippen LogP contribution in [0.5, 0.6) is 0 Å². The molecular formula is C22H25Cl2N5O2. The highest BCUT2D eigenvalue weighted by Crippen LogP contribution is 2.46. The monoisotopic (exact) mass is 461 g/mol. The fourth-order valence-electron chi connectivity index (χ4n) is 4.37. The van der Waals surface area contributed by atoms with Gasteiger partial charge in [-0.25, -0.2) is 9.78 Å². The number of rotatable bonds is 4. The van der Waals surface area contributed by atoms with Crippen LogP contribution in [0.25, 0.3) is 10.9 Å². The summed E-state index contributed by atoms with van der Waals surface area (Å²) in [6.07, 6.45) is 4.11. The van der Waals surface area contributed by atoms with Crippen molar-refractivity contribution in [2.75, 3.05) is 18.4 Å². The standard InChI is InChI=1S/C22H25Cl2N5O2/c1-22(2,20(30)17-10-15(23)9-13-11-26-28-19(13)17)14-5-7-29(8-6-14)21(31)27-16-3-4-18(24)25-12-16/h3-4,9-12,14,20,30H,5-8H2,1-2H3,(H,26,28)(H,27,31)/t20-/m1/s1. The number of amides is 2. The van der Waals surface area contributed by atoms with Gasteiger partial charge in [0.1, 0.15) is 5.15 Å². The van der Waals surface area contributed by atoms with Crippen LogP contribution in [0, 0.1) is 11.3 Å². The van der Waals surface area contributed by atoms with Gasteiger partial charge in [0, 0.05) is 29.1 Å². The number of benzene rings is 1. The minimum Gasteiger partial charge on any atom is -0.388 e. The Morgan fingerprint density at radius 3 is 2.68 bits per heavy atom. The lowest BCUT2D eigenvalue weighted by molar-refractivity contribution is -0.0138. The maximum Gasteiger partial charge on any atom is 0.321 e. The molecular weight excluding hydrogens is 437 g/mol. The number of carbonyl (C=O) groups is 1. The Morgan fingerprint density at radius 1 is 1.26 bits per heavy atom. The van der Waals surface area contributed by atoms with Crippen molar-refractivity contribution in [2.45, 2.75) is 32.8 Å². The molecule has 3 heterocycles. The summed E-state index contributed by atoms with van der Waals surface area (Å²) in [6.45, 7) is 5.37. The predicted molar refractivity (Wildman–Crippen MR) is 122 cm³/mol. The number of anilines is 1. The highest BCUT2D eigenvalue weighted by molar-refractivity contribution is 6.31. The second-order valence-electron chi connectivity index (χ2n) is 8.61. The molecule has 9 heteroatoms. The van der Waals surface area contributed by atoms with Crippen LogP contribution in [-0.2, 0) is 0 Å². The summed E-state index contributed by atoms with van der Waals surface area (Å²) in [5, 5.41) is 23.1. The molecule has 0 radical (unpaired) electrons. The molecule has 4 rings (SSSR count). The van der Waals surface area contributed by atoms with E-state index >= 15 is 0 Å². The number of carbonyl (C=O) groups excluding carboxylic acids is 1. The van der Waals surface area contributed by atoms with Crippen molar-refractivity contribution in [3.63, 3.8) is 0 Å². The zero-order chi connectivity index (χ0) is 22.2. The van der Waals surface area contributed by atoms with E-state index in [1.165, 1.54) is 6.20 Å². The maximum atomic E-state index is 12.6. The third-order valence-corrected chi connectivity index (χ3v) is 6.80. The molecule has 31 heavy (non-hydrogen) atoms. The topological polar surface area (TPSA) is 94.1 Å². The number of pyridine rings is 1. The van der Waals surface area contributed by atoms with Crippen molar-refractivity contribution in [1.82, 2.24) is 20.1 Å². The van der Waals surface area contributed by atoms with Gasteiger partial charge < -0.3 is 15.3 Å². The molecule has 2 aromatic heterocycles. The van der Waals surface area contributed by atoms with Crippen LogP contribution in [-0.4, -0.2) is 44.3 Å². The van der Waals surface area contributed by atoms with E-state index in [4.69, 9.17) is 23.2 Å². The number of urea groups is 1. The Kier molecular flexibility index (Phi) is 6.10. The largest absolute Gasteiger partial charge is 0.388 e. The van der Waals surface area contributed by atoms with Gasteiger partial charge in [-0.3, -0.25) is 5.10 Å². The molecule has 1 atom stereocenters. The van der Waals surface area contributed by atoms with E-state index < -0.39 is 11.5 Å². The minimum atomic E-state index is -0.723. The second-order valence-corrected chi connectivity index (χ2v) is 9.44. The van der Waals surface area contributed by atoms with Crippen LogP contribution in [0.1, 0.15) is 38.4 Å². The number of aromatic amines is 1. The quantitative estimate of drug-likeness (QED) is 0.461. The summed E-state index contributed by atoms with van der Waals surface area (Å²) in [6, 6.07) is 6.84. The number of halogens is 2. The molecule has 0 aliphatic carbocycles. The summed E-state index contributed by atoms with van der Waals surface area (Å²) >= 11 is 12.1. The number of aliphatic hydroxyl groups excluding tert-OH is 1. The predicted octanol–water partition coefficient (Wildman–Crippen LogP) is 5.27. The van der Waals surface area contributed by atoms with E-state index in [0.29, 0.717) is 29.0 Å². The Labute approximate surface area is 190 Å². The van der Waals surface area contributed by atoms with Gasteiger partial charge in [-0.2, -0.15) is 5.10 Å². The van der Waals surface area contributed by atoms with Gasteiger partial charge in [-0.05, 0) is 48.4 Å². The number of H-pyrrole nitrogens is 1. The Morgan fingerprint density at radius 2 is 2.00 bits per heavy atom. The maximum absolute atomic E-state index is 12.6. The molecule has 0 saturated carbocycles. The number of likely N-dealkylation sites (tertiary alicyclic amines) is 1. The number of hydrogen-bond donors (Lipinski definition) is 3. The Balaban J connectivity index is 1.42. The van der Waals surface area contributed by atoms with Gasteiger partial charge >= 0.3 is 6.03 Å². The molecule has 0 bridgehead atoms. The Bertz CT molecular complexity index is 1080. The highest BCUT2D eigenvalue weighted by Gasteiger charge is 2.40. The van der Waals surface area contributed by atoms with E-state index in [9.17, 15) is 9.90 Å². The lowest BCUT2D eigenvalue weighted by Crippen LogP contribution is -2.45. The van der Waals surface area contributed by atoms with E-state index in [-0.39, 0.29) is 11.9 Å². The van der Waals surface area contributed by atoms with E-state index in [2.05, 4.69) is 34.3 Å². The molecule has 3 aromatic rings. The number of aromatic nitrogens is 3. The molecule has 0 spiro atoms. The molecule has 0 unspecified atom stereocenters. The fraction of sp³-hybridized carbons (Fsp3) is 0.409. The first-order valence-corrected chi connectivity index (χ1v) is 11.0. The van der Waals surface area contributed by atoms with Crippen molar-refractivity contribution in [2.24, 2.45) is 11.3 Å². The molecule has 1 fully saturated rings. The van der Waals surface area contributed by atoms with E-state index in [0.717, 1.165) is 29.3 Å². The third kappa shape index (κ3) is 4.49. The number of fused-ring (bicyclic) bond motifs is 1. The molecule has 3 N–H and O–H groups in total. The van der Waals surface area contributed by atoms with E-state index in [1.54, 1.807) is 29.3 Å². The normalized spacial score (nSPS) is 16.5. The van der Waals surface area contributed by atoms with Gasteiger partial charge in [0.2, 0.25) is 0 Å². The summed E-state index contributed by atoms with van der Waals surface area (Å²) in [4.78, 5) is 18.4. The summed E-state index contributed by atoms with van der Waals surface area (Å²) in [5.41, 5.74) is 1.75. The lowest BCUT2D eigenvalue weighted by atomic mass is 9.68. The molecule has 1 aliphatic rings. The number of nitrogens with zero attached hydrogens (tertiary/aromatic N) is 3. The fourth-order valence-corrected chi connectivity index (χ4v) is 4.71. The number of nitrogens with one attached hydrogen (secondary N) is 2. The SMILES string of the molecule is CC(C)(C1CCN(C(=O)Nc2ccc(Cl)nc2)CC1)[C@H](O)c1cc(Cl)cc2cn[nH]c12. The molecule has 164 valence electrons. The van der Waals surface area contributed by atoms with Crippen LogP contribution < -0.4 is 5.32 Å².